The number of fused-ring (bicyclic) bond motifs is 1. The van der Waals surface area contributed by atoms with Gasteiger partial charge < -0.3 is 5.73 Å². The number of hydrogen-bond acceptors (Lipinski definition) is 3. The molecule has 1 heterocycles. The quantitative estimate of drug-likeness (QED) is 0.890. The van der Waals surface area contributed by atoms with Crippen molar-refractivity contribution in [2.24, 2.45) is 5.73 Å². The van der Waals surface area contributed by atoms with Gasteiger partial charge in [-0.2, -0.15) is 0 Å². The Bertz CT molecular complexity index is 380. The molecule has 0 aliphatic heterocycles. The van der Waals surface area contributed by atoms with Crippen molar-refractivity contribution >= 4 is 11.3 Å². The fraction of sp³-hybridized carbons (Fsp3) is 0.786. The summed E-state index contributed by atoms with van der Waals surface area (Å²) in [4.78, 5) is 6.58. The molecule has 0 spiro atoms. The van der Waals surface area contributed by atoms with E-state index in [-0.39, 0.29) is 0 Å². The van der Waals surface area contributed by atoms with Crippen LogP contribution >= 0.6 is 11.3 Å². The van der Waals surface area contributed by atoms with Gasteiger partial charge in [-0.3, -0.25) is 0 Å². The summed E-state index contributed by atoms with van der Waals surface area (Å²) in [5.41, 5.74) is 7.15. The Morgan fingerprint density at radius 2 is 2.00 bits per heavy atom. The number of aryl methyl sites for hydroxylation is 1. The van der Waals surface area contributed by atoms with Crippen molar-refractivity contribution in [1.29, 1.82) is 0 Å². The molecule has 0 saturated heterocycles. The molecule has 2 aliphatic rings. The molecule has 1 unspecified atom stereocenters. The van der Waals surface area contributed by atoms with Gasteiger partial charge in [0.05, 0.1) is 10.7 Å². The van der Waals surface area contributed by atoms with Gasteiger partial charge in [0.2, 0.25) is 0 Å². The molecule has 1 aromatic rings. The highest BCUT2D eigenvalue weighted by Crippen LogP contribution is 2.42. The second-order valence-electron chi connectivity index (χ2n) is 5.51. The first-order valence-electron chi connectivity index (χ1n) is 7.08. The molecule has 2 N–H and O–H groups in total. The lowest BCUT2D eigenvalue weighted by molar-refractivity contribution is 0.517. The average molecular weight is 250 g/mol. The van der Waals surface area contributed by atoms with Crippen molar-refractivity contribution in [2.45, 2.75) is 63.2 Å². The third kappa shape index (κ3) is 2.27. The summed E-state index contributed by atoms with van der Waals surface area (Å²) >= 11 is 2.01. The van der Waals surface area contributed by atoms with Crippen LogP contribution < -0.4 is 5.73 Å². The van der Waals surface area contributed by atoms with Crippen molar-refractivity contribution in [1.82, 2.24) is 4.98 Å². The Kier molecular flexibility index (Phi) is 3.48. The molecule has 3 rings (SSSR count). The minimum absolute atomic E-state index is 0.662. The molecule has 1 atom stereocenters. The Morgan fingerprint density at radius 1 is 1.18 bits per heavy atom. The van der Waals surface area contributed by atoms with Gasteiger partial charge in [0, 0.05) is 16.7 Å². The fourth-order valence-corrected chi connectivity index (χ4v) is 4.72. The van der Waals surface area contributed by atoms with Crippen LogP contribution in [0.15, 0.2) is 0 Å². The monoisotopic (exact) mass is 250 g/mol. The van der Waals surface area contributed by atoms with Crippen LogP contribution in [0.3, 0.4) is 0 Å². The highest BCUT2D eigenvalue weighted by atomic mass is 32.1. The van der Waals surface area contributed by atoms with Crippen LogP contribution in [0, 0.1) is 0 Å². The van der Waals surface area contributed by atoms with Crippen LogP contribution in [-0.4, -0.2) is 11.5 Å². The van der Waals surface area contributed by atoms with E-state index in [0.29, 0.717) is 5.92 Å². The lowest BCUT2D eigenvalue weighted by atomic mass is 9.88. The van der Waals surface area contributed by atoms with Crippen LogP contribution in [-0.2, 0) is 6.42 Å². The smallest absolute Gasteiger partial charge is 0.0962 e. The molecule has 0 amide bonds. The zero-order chi connectivity index (χ0) is 11.7. The molecule has 17 heavy (non-hydrogen) atoms. The number of thiazole rings is 1. The Hall–Kier alpha value is -0.410. The summed E-state index contributed by atoms with van der Waals surface area (Å²) in [5, 5.41) is 1.44. The maximum absolute atomic E-state index is 5.72. The summed E-state index contributed by atoms with van der Waals surface area (Å²) in [7, 11) is 0. The molecule has 0 aromatic carbocycles. The maximum Gasteiger partial charge on any atom is 0.0962 e. The second-order valence-corrected chi connectivity index (χ2v) is 6.62. The molecule has 1 saturated carbocycles. The van der Waals surface area contributed by atoms with Crippen molar-refractivity contribution in [2.75, 3.05) is 6.54 Å². The third-order valence-electron chi connectivity index (χ3n) is 4.31. The lowest BCUT2D eigenvalue weighted by Gasteiger charge is -2.20. The maximum atomic E-state index is 5.72. The van der Waals surface area contributed by atoms with Crippen molar-refractivity contribution in [3.8, 4) is 0 Å². The van der Waals surface area contributed by atoms with E-state index in [4.69, 9.17) is 10.7 Å². The highest BCUT2D eigenvalue weighted by molar-refractivity contribution is 7.11. The molecule has 3 heteroatoms. The summed E-state index contributed by atoms with van der Waals surface area (Å²) in [5.74, 6) is 1.44. The summed E-state index contributed by atoms with van der Waals surface area (Å²) in [6, 6.07) is 0. The predicted molar refractivity (Wildman–Crippen MR) is 72.7 cm³/mol. The van der Waals surface area contributed by atoms with Gasteiger partial charge in [0.15, 0.2) is 0 Å². The molecule has 2 nitrogen and oxygen atoms in total. The van der Waals surface area contributed by atoms with Crippen molar-refractivity contribution in [3.63, 3.8) is 0 Å². The summed E-state index contributed by atoms with van der Waals surface area (Å²) < 4.78 is 0. The van der Waals surface area contributed by atoms with E-state index in [1.807, 2.05) is 11.3 Å². The van der Waals surface area contributed by atoms with Crippen LogP contribution in [0.5, 0.6) is 0 Å². The van der Waals surface area contributed by atoms with E-state index in [1.54, 1.807) is 4.88 Å². The van der Waals surface area contributed by atoms with Crippen molar-refractivity contribution < 1.29 is 0 Å². The van der Waals surface area contributed by atoms with Gasteiger partial charge >= 0.3 is 0 Å². The zero-order valence-electron chi connectivity index (χ0n) is 10.5. The van der Waals surface area contributed by atoms with Gasteiger partial charge in [-0.1, -0.05) is 12.8 Å². The predicted octanol–water partition coefficient (Wildman–Crippen LogP) is 3.57. The summed E-state index contributed by atoms with van der Waals surface area (Å²) in [6.45, 7) is 0.806. The van der Waals surface area contributed by atoms with Crippen LogP contribution in [0.25, 0.3) is 0 Å². The minimum Gasteiger partial charge on any atom is -0.330 e. The molecule has 0 bridgehead atoms. The number of hydrogen-bond donors (Lipinski definition) is 1. The van der Waals surface area contributed by atoms with E-state index in [1.165, 1.54) is 55.6 Å². The van der Waals surface area contributed by atoms with Gasteiger partial charge in [-0.25, -0.2) is 4.98 Å². The standard InChI is InChI=1S/C14H22N2S/c15-9-8-10-6-3-7-12-13(10)16-14(17-12)11-4-1-2-5-11/h10-11H,1-9,15H2. The Balaban J connectivity index is 1.84. The average Bonchev–Trinajstić information content (AvgIpc) is 2.98. The number of rotatable bonds is 3. The normalized spacial score (nSPS) is 25.1. The Labute approximate surface area is 108 Å². The minimum atomic E-state index is 0.662. The molecule has 1 aromatic heterocycles. The molecular weight excluding hydrogens is 228 g/mol. The number of nitrogens with zero attached hydrogens (tertiary/aromatic N) is 1. The molecule has 2 aliphatic carbocycles. The SMILES string of the molecule is NCCC1CCCc2sc(C3CCCC3)nc21. The first-order chi connectivity index (χ1) is 8.38. The van der Waals surface area contributed by atoms with Crippen LogP contribution in [0.4, 0.5) is 0 Å². The fourth-order valence-electron chi connectivity index (χ4n) is 3.36. The van der Waals surface area contributed by atoms with Crippen molar-refractivity contribution in [3.05, 3.63) is 15.6 Å². The number of aromatic nitrogens is 1. The van der Waals surface area contributed by atoms with Crippen LogP contribution in [0.1, 0.15) is 72.4 Å². The van der Waals surface area contributed by atoms with E-state index in [2.05, 4.69) is 0 Å². The third-order valence-corrected chi connectivity index (χ3v) is 5.60. The molecule has 0 radical (unpaired) electrons. The zero-order valence-corrected chi connectivity index (χ0v) is 11.3. The second kappa shape index (κ2) is 5.07. The molecule has 94 valence electrons. The van der Waals surface area contributed by atoms with Crippen LogP contribution in [0.2, 0.25) is 0 Å². The van der Waals surface area contributed by atoms with E-state index in [9.17, 15) is 0 Å². The largest absolute Gasteiger partial charge is 0.330 e. The number of nitrogens with two attached hydrogens (primary N) is 1. The van der Waals surface area contributed by atoms with Gasteiger partial charge in [0.25, 0.3) is 0 Å². The van der Waals surface area contributed by atoms with E-state index in [0.717, 1.165) is 18.9 Å². The first-order valence-corrected chi connectivity index (χ1v) is 7.89. The topological polar surface area (TPSA) is 38.9 Å². The van der Waals surface area contributed by atoms with Gasteiger partial charge in [-0.15, -0.1) is 11.3 Å². The Morgan fingerprint density at radius 3 is 2.76 bits per heavy atom. The highest BCUT2D eigenvalue weighted by Gasteiger charge is 2.27. The van der Waals surface area contributed by atoms with E-state index < -0.39 is 0 Å². The molecule has 1 fully saturated rings. The lowest BCUT2D eigenvalue weighted by Crippen LogP contribution is -2.13. The first kappa shape index (κ1) is 11.7. The van der Waals surface area contributed by atoms with E-state index >= 15 is 0 Å². The van der Waals surface area contributed by atoms with Gasteiger partial charge in [0.1, 0.15) is 0 Å². The summed E-state index contributed by atoms with van der Waals surface area (Å²) in [6.07, 6.45) is 10.6. The molecular formula is C14H22N2S. The van der Waals surface area contributed by atoms with Gasteiger partial charge in [-0.05, 0) is 45.1 Å².